The number of aromatic nitrogens is 3. The Morgan fingerprint density at radius 2 is 1.09 bits per heavy atom. The largest absolute Gasteiger partial charge is 0.421 e. The first-order valence-electron chi connectivity index (χ1n) is 15.7. The van der Waals surface area contributed by atoms with Gasteiger partial charge in [0.1, 0.15) is 5.65 Å². The van der Waals surface area contributed by atoms with E-state index in [9.17, 15) is 0 Å². The van der Waals surface area contributed by atoms with Crippen LogP contribution in [0.3, 0.4) is 0 Å². The molecule has 0 N–H and O–H groups in total. The summed E-state index contributed by atoms with van der Waals surface area (Å²) in [5, 5.41) is 2.25. The highest BCUT2D eigenvalue weighted by atomic mass is 16.5. The average molecular weight is 590 g/mol. The summed E-state index contributed by atoms with van der Waals surface area (Å²) in [5.41, 5.74) is 13.4. The fraction of sp³-hybridized carbons (Fsp3) is 0.0476. The van der Waals surface area contributed by atoms with Gasteiger partial charge in [-0.05, 0) is 63.7 Å². The number of pyridine rings is 2. The number of hydrogen-bond donors (Lipinski definition) is 0. The van der Waals surface area contributed by atoms with Gasteiger partial charge >= 0.3 is 0 Å². The van der Waals surface area contributed by atoms with Crippen molar-refractivity contribution in [2.45, 2.75) is 11.8 Å². The summed E-state index contributed by atoms with van der Waals surface area (Å²) >= 11 is 0. The van der Waals surface area contributed by atoms with Gasteiger partial charge in [-0.2, -0.15) is 4.98 Å². The Hall–Kier alpha value is -6.00. The van der Waals surface area contributed by atoms with E-state index >= 15 is 0 Å². The molecule has 3 aliphatic rings. The number of hydrogen-bond acceptors (Lipinski definition) is 3. The van der Waals surface area contributed by atoms with Gasteiger partial charge in [0.25, 0.3) is 0 Å². The molecule has 8 aromatic rings. The normalized spacial score (nSPS) is 15.8. The van der Waals surface area contributed by atoms with Crippen molar-refractivity contribution in [3.05, 3.63) is 185 Å². The van der Waals surface area contributed by atoms with Crippen LogP contribution in [0.5, 0.6) is 11.8 Å². The lowest BCUT2D eigenvalue weighted by atomic mass is 9.61. The van der Waals surface area contributed by atoms with Crippen molar-refractivity contribution in [3.8, 4) is 28.7 Å². The monoisotopic (exact) mass is 589 g/mol. The van der Waals surface area contributed by atoms with Crippen LogP contribution < -0.4 is 4.74 Å². The van der Waals surface area contributed by atoms with Crippen LogP contribution in [0.25, 0.3) is 38.9 Å². The molecular weight excluding hydrogens is 562 g/mol. The van der Waals surface area contributed by atoms with Gasteiger partial charge in [-0.3, -0.25) is 4.57 Å². The zero-order chi connectivity index (χ0) is 30.2. The second kappa shape index (κ2) is 9.75. The molecule has 46 heavy (non-hydrogen) atoms. The maximum atomic E-state index is 6.31. The van der Waals surface area contributed by atoms with Gasteiger partial charge in [-0.1, -0.05) is 109 Å². The van der Waals surface area contributed by atoms with E-state index in [2.05, 4.69) is 114 Å². The first-order valence-corrected chi connectivity index (χ1v) is 15.7. The number of nitrogens with zero attached hydrogens (tertiary/aromatic N) is 3. The minimum absolute atomic E-state index is 0.204. The van der Waals surface area contributed by atoms with Gasteiger partial charge in [0.05, 0.1) is 11.2 Å². The van der Waals surface area contributed by atoms with Crippen LogP contribution in [0.4, 0.5) is 0 Å². The quantitative estimate of drug-likeness (QED) is 0.205. The molecule has 0 saturated carbocycles. The Labute approximate surface area is 266 Å². The third kappa shape index (κ3) is 3.67. The van der Waals surface area contributed by atoms with Crippen LogP contribution in [0, 0.1) is 0 Å². The molecule has 0 atom stereocenters. The predicted molar refractivity (Wildman–Crippen MR) is 183 cm³/mol. The molecular formula is C42H27N3O. The lowest BCUT2D eigenvalue weighted by molar-refractivity contribution is 0.447. The molecule has 216 valence electrons. The molecule has 5 aromatic carbocycles. The fourth-order valence-corrected chi connectivity index (χ4v) is 7.78. The standard InChI is InChI=1S/C42H27N3O/c1-2-11-26(12-3-1)36-18-10-20-38(43-36)46-39-24-23-34-28-13-8-9-19-37(28)45(42(34)44-39)27-21-22-33-35(25-27)41-31-16-6-4-14-29(31)40(33)30-15-5-7-17-32(30)41/h1-25,40-41H. The first kappa shape index (κ1) is 25.3. The van der Waals surface area contributed by atoms with Crippen molar-refractivity contribution in [3.63, 3.8) is 0 Å². The van der Waals surface area contributed by atoms with Crippen LogP contribution in [0.2, 0.25) is 0 Å². The molecule has 4 heteroatoms. The van der Waals surface area contributed by atoms with E-state index in [-0.39, 0.29) is 11.8 Å². The summed E-state index contributed by atoms with van der Waals surface area (Å²) in [6, 6.07) is 53.5. The van der Waals surface area contributed by atoms with E-state index < -0.39 is 0 Å². The van der Waals surface area contributed by atoms with Crippen molar-refractivity contribution >= 4 is 21.9 Å². The van der Waals surface area contributed by atoms with Crippen LogP contribution in [0.15, 0.2) is 152 Å². The third-order valence-electron chi connectivity index (χ3n) is 9.69. The van der Waals surface area contributed by atoms with Gasteiger partial charge in [0.15, 0.2) is 0 Å². The van der Waals surface area contributed by atoms with Crippen LogP contribution in [-0.4, -0.2) is 14.5 Å². The second-order valence-electron chi connectivity index (χ2n) is 12.1. The SMILES string of the molecule is c1ccc(-c2cccc(Oc3ccc4c5ccccc5n(-c5ccc6c(c5)C5c7ccccc7C6c6ccccc65)c4n3)n2)cc1. The van der Waals surface area contributed by atoms with E-state index in [0.29, 0.717) is 11.8 Å². The number of benzene rings is 5. The molecule has 0 spiro atoms. The van der Waals surface area contributed by atoms with E-state index in [1.807, 2.05) is 42.5 Å². The van der Waals surface area contributed by atoms with E-state index in [1.54, 1.807) is 0 Å². The van der Waals surface area contributed by atoms with Crippen molar-refractivity contribution in [1.29, 1.82) is 0 Å². The summed E-state index contributed by atoms with van der Waals surface area (Å²) in [5.74, 6) is 1.47. The fourth-order valence-electron chi connectivity index (χ4n) is 7.78. The lowest BCUT2D eigenvalue weighted by Gasteiger charge is -2.42. The molecule has 0 amide bonds. The smallest absolute Gasteiger partial charge is 0.223 e. The number of ether oxygens (including phenoxy) is 1. The van der Waals surface area contributed by atoms with Crippen LogP contribution >= 0.6 is 0 Å². The summed E-state index contributed by atoms with van der Waals surface area (Å²) in [6.45, 7) is 0. The summed E-state index contributed by atoms with van der Waals surface area (Å²) in [6.07, 6.45) is 0. The topological polar surface area (TPSA) is 39.9 Å². The predicted octanol–water partition coefficient (Wildman–Crippen LogP) is 10.0. The molecule has 0 radical (unpaired) electrons. The van der Waals surface area contributed by atoms with Gasteiger partial charge in [-0.25, -0.2) is 4.98 Å². The Balaban J connectivity index is 1.12. The Morgan fingerprint density at radius 3 is 1.85 bits per heavy atom. The zero-order valence-electron chi connectivity index (χ0n) is 24.8. The summed E-state index contributed by atoms with van der Waals surface area (Å²) in [7, 11) is 0. The molecule has 3 heterocycles. The minimum atomic E-state index is 0.204. The van der Waals surface area contributed by atoms with Crippen molar-refractivity contribution in [2.75, 3.05) is 0 Å². The molecule has 0 unspecified atom stereocenters. The third-order valence-corrected chi connectivity index (χ3v) is 9.69. The van der Waals surface area contributed by atoms with Gasteiger partial charge in [-0.15, -0.1) is 0 Å². The number of fused-ring (bicyclic) bond motifs is 3. The highest BCUT2D eigenvalue weighted by Crippen LogP contribution is 2.56. The first-order chi connectivity index (χ1) is 22.8. The number of para-hydroxylation sites is 1. The van der Waals surface area contributed by atoms with Crippen molar-refractivity contribution in [2.24, 2.45) is 0 Å². The maximum absolute atomic E-state index is 6.31. The summed E-state index contributed by atoms with van der Waals surface area (Å²) < 4.78 is 8.59. The molecule has 11 rings (SSSR count). The molecule has 3 aliphatic carbocycles. The molecule has 0 aliphatic heterocycles. The van der Waals surface area contributed by atoms with Gasteiger partial charge in [0, 0.05) is 46.0 Å². The van der Waals surface area contributed by atoms with E-state index in [0.717, 1.165) is 38.9 Å². The Morgan fingerprint density at radius 1 is 0.457 bits per heavy atom. The van der Waals surface area contributed by atoms with Crippen LogP contribution in [0.1, 0.15) is 45.2 Å². The minimum Gasteiger partial charge on any atom is -0.421 e. The second-order valence-corrected chi connectivity index (χ2v) is 12.1. The zero-order valence-corrected chi connectivity index (χ0v) is 24.8. The summed E-state index contributed by atoms with van der Waals surface area (Å²) in [4.78, 5) is 9.90. The lowest BCUT2D eigenvalue weighted by Crippen LogP contribution is -2.27. The Bertz CT molecular complexity index is 2430. The Kier molecular flexibility index (Phi) is 5.37. The maximum Gasteiger partial charge on any atom is 0.223 e. The molecule has 2 bridgehead atoms. The molecule has 4 nitrogen and oxygen atoms in total. The van der Waals surface area contributed by atoms with Crippen molar-refractivity contribution < 1.29 is 4.74 Å². The van der Waals surface area contributed by atoms with Gasteiger partial charge < -0.3 is 4.74 Å². The van der Waals surface area contributed by atoms with Gasteiger partial charge in [0.2, 0.25) is 11.8 Å². The number of rotatable bonds is 4. The molecule has 3 aromatic heterocycles. The van der Waals surface area contributed by atoms with Crippen molar-refractivity contribution in [1.82, 2.24) is 14.5 Å². The van der Waals surface area contributed by atoms with E-state index in [1.165, 1.54) is 33.4 Å². The average Bonchev–Trinajstić information content (AvgIpc) is 3.45. The van der Waals surface area contributed by atoms with E-state index in [4.69, 9.17) is 14.7 Å². The highest BCUT2D eigenvalue weighted by Gasteiger charge is 2.41. The molecule has 0 saturated heterocycles. The molecule has 0 fully saturated rings. The highest BCUT2D eigenvalue weighted by molar-refractivity contribution is 6.08. The van der Waals surface area contributed by atoms with Crippen LogP contribution in [-0.2, 0) is 0 Å².